The fraction of sp³-hybridized carbons (Fsp3) is 0.200. The lowest BCUT2D eigenvalue weighted by Gasteiger charge is -2.05. The average Bonchev–Trinajstić information content (AvgIpc) is 2.20. The number of ketones is 1. The zero-order valence-corrected chi connectivity index (χ0v) is 11.3. The molecular formula is C10H8BrIO2. The molecule has 0 unspecified atom stereocenters. The van der Waals surface area contributed by atoms with Crippen LogP contribution in [0.25, 0.3) is 0 Å². The van der Waals surface area contributed by atoms with E-state index in [-0.39, 0.29) is 11.1 Å². The van der Waals surface area contributed by atoms with Crippen molar-refractivity contribution in [3.05, 3.63) is 32.4 Å². The van der Waals surface area contributed by atoms with Crippen LogP contribution in [0.15, 0.2) is 12.1 Å². The molecule has 0 saturated carbocycles. The number of carbonyl (C=O) groups is 2. The first-order valence-electron chi connectivity index (χ1n) is 3.94. The van der Waals surface area contributed by atoms with Gasteiger partial charge >= 0.3 is 0 Å². The Morgan fingerprint density at radius 2 is 2.21 bits per heavy atom. The summed E-state index contributed by atoms with van der Waals surface area (Å²) in [6, 6.07) is 3.41. The highest BCUT2D eigenvalue weighted by Crippen LogP contribution is 2.19. The second-order valence-corrected chi connectivity index (χ2v) is 4.51. The van der Waals surface area contributed by atoms with Crippen molar-refractivity contribution in [3.63, 3.8) is 0 Å². The minimum Gasteiger partial charge on any atom is -0.298 e. The van der Waals surface area contributed by atoms with Crippen molar-refractivity contribution in [1.82, 2.24) is 0 Å². The van der Waals surface area contributed by atoms with Crippen molar-refractivity contribution in [2.45, 2.75) is 6.92 Å². The molecule has 0 N–H and O–H groups in total. The summed E-state index contributed by atoms with van der Waals surface area (Å²) in [6.45, 7) is 1.89. The molecule has 0 fully saturated rings. The van der Waals surface area contributed by atoms with Crippen LogP contribution in [0, 0.1) is 10.5 Å². The van der Waals surface area contributed by atoms with Gasteiger partial charge in [0.15, 0.2) is 5.78 Å². The minimum atomic E-state index is 0.00111. The third kappa shape index (κ3) is 2.42. The summed E-state index contributed by atoms with van der Waals surface area (Å²) in [6.07, 6.45) is 0.758. The number of aldehydes is 1. The van der Waals surface area contributed by atoms with Crippen LogP contribution in [-0.2, 0) is 0 Å². The number of alkyl halides is 1. The van der Waals surface area contributed by atoms with Crippen molar-refractivity contribution in [3.8, 4) is 0 Å². The zero-order chi connectivity index (χ0) is 10.7. The van der Waals surface area contributed by atoms with Crippen molar-refractivity contribution < 1.29 is 9.59 Å². The summed E-state index contributed by atoms with van der Waals surface area (Å²) in [4.78, 5) is 22.1. The number of rotatable bonds is 3. The number of aryl methyl sites for hydroxylation is 1. The minimum absolute atomic E-state index is 0.00111. The lowest BCUT2D eigenvalue weighted by molar-refractivity contribution is 0.102. The van der Waals surface area contributed by atoms with Crippen molar-refractivity contribution in [2.24, 2.45) is 0 Å². The quantitative estimate of drug-likeness (QED) is 0.356. The third-order valence-corrected chi connectivity index (χ3v) is 3.78. The highest BCUT2D eigenvalue weighted by Gasteiger charge is 2.11. The summed E-state index contributed by atoms with van der Waals surface area (Å²) in [7, 11) is 0. The molecule has 74 valence electrons. The normalized spacial score (nSPS) is 9.93. The van der Waals surface area contributed by atoms with E-state index in [1.54, 1.807) is 12.1 Å². The molecular weight excluding hydrogens is 359 g/mol. The highest BCUT2D eigenvalue weighted by molar-refractivity contribution is 14.1. The largest absolute Gasteiger partial charge is 0.298 e. The Labute approximate surface area is 104 Å². The average molecular weight is 367 g/mol. The standard InChI is InChI=1S/C10H8BrIO2/c1-6-2-7(5-13)3-8(10(6)12)9(14)4-11/h2-3,5H,4H2,1H3. The van der Waals surface area contributed by atoms with Gasteiger partial charge in [-0.25, -0.2) is 0 Å². The molecule has 1 rings (SSSR count). The van der Waals surface area contributed by atoms with Crippen LogP contribution in [-0.4, -0.2) is 17.4 Å². The SMILES string of the molecule is Cc1cc(C=O)cc(C(=O)CBr)c1I. The van der Waals surface area contributed by atoms with Crippen LogP contribution >= 0.6 is 38.5 Å². The lowest BCUT2D eigenvalue weighted by atomic mass is 10.0. The van der Waals surface area contributed by atoms with E-state index in [0.717, 1.165) is 15.4 Å². The van der Waals surface area contributed by atoms with Crippen LogP contribution < -0.4 is 0 Å². The van der Waals surface area contributed by atoms with Gasteiger partial charge in [0.1, 0.15) is 6.29 Å². The van der Waals surface area contributed by atoms with Gasteiger partial charge in [-0.15, -0.1) is 0 Å². The number of hydrogen-bond donors (Lipinski definition) is 0. The second-order valence-electron chi connectivity index (χ2n) is 2.87. The van der Waals surface area contributed by atoms with Gasteiger partial charge in [0, 0.05) is 14.7 Å². The molecule has 0 aliphatic heterocycles. The number of carbonyl (C=O) groups excluding carboxylic acids is 2. The van der Waals surface area contributed by atoms with Crippen molar-refractivity contribution in [2.75, 3.05) is 5.33 Å². The molecule has 1 aromatic carbocycles. The molecule has 0 spiro atoms. The summed E-state index contributed by atoms with van der Waals surface area (Å²) in [5, 5.41) is 0.282. The summed E-state index contributed by atoms with van der Waals surface area (Å²) in [5.41, 5.74) is 2.12. The Balaban J connectivity index is 3.33. The van der Waals surface area contributed by atoms with Crippen LogP contribution in [0.2, 0.25) is 0 Å². The molecule has 0 amide bonds. The lowest BCUT2D eigenvalue weighted by Crippen LogP contribution is -2.05. The maximum absolute atomic E-state index is 11.5. The fourth-order valence-corrected chi connectivity index (χ4v) is 2.05. The highest BCUT2D eigenvalue weighted by atomic mass is 127. The summed E-state index contributed by atoms with van der Waals surface area (Å²) >= 11 is 5.23. The Morgan fingerprint density at radius 1 is 1.57 bits per heavy atom. The Hall–Kier alpha value is -0.230. The van der Waals surface area contributed by atoms with Crippen LogP contribution in [0.1, 0.15) is 26.3 Å². The predicted octanol–water partition coefficient (Wildman–Crippen LogP) is 2.99. The van der Waals surface area contributed by atoms with Gasteiger partial charge < -0.3 is 0 Å². The molecule has 0 heterocycles. The Kier molecular flexibility index (Phi) is 4.25. The van der Waals surface area contributed by atoms with Crippen LogP contribution in [0.5, 0.6) is 0 Å². The number of halogens is 2. The van der Waals surface area contributed by atoms with E-state index >= 15 is 0 Å². The van der Waals surface area contributed by atoms with Crippen LogP contribution in [0.4, 0.5) is 0 Å². The second kappa shape index (κ2) is 5.02. The van der Waals surface area contributed by atoms with E-state index in [4.69, 9.17) is 0 Å². The van der Waals surface area contributed by atoms with Gasteiger partial charge in [0.05, 0.1) is 5.33 Å². The summed E-state index contributed by atoms with van der Waals surface area (Å²) < 4.78 is 0.914. The maximum Gasteiger partial charge on any atom is 0.174 e. The van der Waals surface area contributed by atoms with E-state index in [2.05, 4.69) is 38.5 Å². The van der Waals surface area contributed by atoms with Gasteiger partial charge in [0.2, 0.25) is 0 Å². The topological polar surface area (TPSA) is 34.1 Å². The van der Waals surface area contributed by atoms with Crippen LogP contribution in [0.3, 0.4) is 0 Å². The number of Topliss-reactive ketones (excluding diaryl/α,β-unsaturated/α-hetero) is 1. The van der Waals surface area contributed by atoms with E-state index in [1.165, 1.54) is 0 Å². The molecule has 0 saturated heterocycles. The van der Waals surface area contributed by atoms with Gasteiger partial charge in [-0.3, -0.25) is 9.59 Å². The summed E-state index contributed by atoms with van der Waals surface area (Å²) in [5.74, 6) is 0.00111. The maximum atomic E-state index is 11.5. The monoisotopic (exact) mass is 366 g/mol. The molecule has 14 heavy (non-hydrogen) atoms. The molecule has 2 nitrogen and oxygen atoms in total. The van der Waals surface area contributed by atoms with E-state index in [1.807, 2.05) is 6.92 Å². The van der Waals surface area contributed by atoms with Crippen molar-refractivity contribution in [1.29, 1.82) is 0 Å². The fourth-order valence-electron chi connectivity index (χ4n) is 1.14. The number of benzene rings is 1. The molecule has 0 aliphatic rings. The molecule has 0 atom stereocenters. The van der Waals surface area contributed by atoms with E-state index < -0.39 is 0 Å². The first kappa shape index (κ1) is 11.8. The zero-order valence-electron chi connectivity index (χ0n) is 7.51. The molecule has 0 aromatic heterocycles. The third-order valence-electron chi connectivity index (χ3n) is 1.83. The Morgan fingerprint density at radius 3 is 2.71 bits per heavy atom. The molecule has 0 bridgehead atoms. The van der Waals surface area contributed by atoms with Gasteiger partial charge in [-0.1, -0.05) is 15.9 Å². The first-order valence-corrected chi connectivity index (χ1v) is 6.14. The molecule has 4 heteroatoms. The number of hydrogen-bond acceptors (Lipinski definition) is 2. The molecule has 1 aromatic rings. The van der Waals surface area contributed by atoms with Gasteiger partial charge in [-0.05, 0) is 47.2 Å². The molecule has 0 aliphatic carbocycles. The van der Waals surface area contributed by atoms with E-state index in [9.17, 15) is 9.59 Å². The smallest absolute Gasteiger partial charge is 0.174 e. The van der Waals surface area contributed by atoms with Gasteiger partial charge in [0.25, 0.3) is 0 Å². The van der Waals surface area contributed by atoms with E-state index in [0.29, 0.717) is 11.1 Å². The van der Waals surface area contributed by atoms with Crippen molar-refractivity contribution >= 4 is 50.6 Å². The predicted molar refractivity (Wildman–Crippen MR) is 67.4 cm³/mol. The Bertz CT molecular complexity index is 388. The molecule has 0 radical (unpaired) electrons. The first-order chi connectivity index (χ1) is 6.60. The van der Waals surface area contributed by atoms with Gasteiger partial charge in [-0.2, -0.15) is 0 Å².